The molecule has 0 radical (unpaired) electrons. The summed E-state index contributed by atoms with van der Waals surface area (Å²) < 4.78 is 0. The number of aryl methyl sites for hydroxylation is 2. The minimum Gasteiger partial charge on any atom is -0.358 e. The average Bonchev–Trinajstić information content (AvgIpc) is 2.92. The van der Waals surface area contributed by atoms with Gasteiger partial charge in [-0.3, -0.25) is 9.80 Å². The van der Waals surface area contributed by atoms with Crippen LogP contribution in [0.2, 0.25) is 0 Å². The maximum atomic E-state index is 3.61. The van der Waals surface area contributed by atoms with E-state index >= 15 is 0 Å². The molecule has 24 heavy (non-hydrogen) atoms. The second-order valence-electron chi connectivity index (χ2n) is 7.37. The summed E-state index contributed by atoms with van der Waals surface area (Å²) in [5.74, 6) is 2.72. The first-order valence-corrected chi connectivity index (χ1v) is 10.5. The number of rotatable bonds is 3. The van der Waals surface area contributed by atoms with Crippen LogP contribution in [0.25, 0.3) is 10.9 Å². The Balaban J connectivity index is 1.41. The maximum Gasteiger partial charge on any atom is 0.0504 e. The molecule has 0 atom stereocenters. The Morgan fingerprint density at radius 2 is 1.83 bits per heavy atom. The van der Waals surface area contributed by atoms with Crippen molar-refractivity contribution in [2.24, 2.45) is 0 Å². The minimum atomic E-state index is 0.852. The number of para-hydroxylation sites is 1. The summed E-state index contributed by atoms with van der Waals surface area (Å²) in [6.45, 7) is 10.4. The Hall–Kier alpha value is -0.970. The fraction of sp³-hybridized carbons (Fsp3) is 0.600. The van der Waals surface area contributed by atoms with Gasteiger partial charge in [0, 0.05) is 49.8 Å². The number of fused-ring (bicyclic) bond motifs is 1. The van der Waals surface area contributed by atoms with E-state index in [4.69, 9.17) is 0 Å². The molecule has 1 aromatic carbocycles. The van der Waals surface area contributed by atoms with Crippen molar-refractivity contribution in [3.05, 3.63) is 35.0 Å². The Morgan fingerprint density at radius 3 is 2.58 bits per heavy atom. The Kier molecular flexibility index (Phi) is 4.88. The number of aromatic nitrogens is 1. The summed E-state index contributed by atoms with van der Waals surface area (Å²) in [6, 6.07) is 7.61. The standard InChI is InChI=1S/C20H29N3S/c1-15-16(2)21-20-17(4-3-5-19(15)20)14-22-8-10-23(11-9-22)18-6-12-24-13-7-18/h3-5,18,21H,6-14H2,1-2H3. The number of H-pyrrole nitrogens is 1. The quantitative estimate of drug-likeness (QED) is 0.916. The van der Waals surface area contributed by atoms with E-state index in [1.54, 1.807) is 0 Å². The molecule has 2 aromatic rings. The molecule has 4 rings (SSSR count). The SMILES string of the molecule is Cc1[nH]c2c(CN3CCN(C4CCSCC4)CC3)cccc2c1C. The number of hydrogen-bond acceptors (Lipinski definition) is 3. The highest BCUT2D eigenvalue weighted by atomic mass is 32.2. The van der Waals surface area contributed by atoms with Crippen LogP contribution in [0.3, 0.4) is 0 Å². The Morgan fingerprint density at radius 1 is 1.08 bits per heavy atom. The van der Waals surface area contributed by atoms with Gasteiger partial charge in [0.25, 0.3) is 0 Å². The van der Waals surface area contributed by atoms with Gasteiger partial charge in [-0.15, -0.1) is 0 Å². The molecule has 0 unspecified atom stereocenters. The second kappa shape index (κ2) is 7.11. The van der Waals surface area contributed by atoms with E-state index in [9.17, 15) is 0 Å². The molecule has 1 aromatic heterocycles. The third-order valence-corrected chi connectivity index (χ3v) is 6.99. The van der Waals surface area contributed by atoms with Crippen LogP contribution in [0, 0.1) is 13.8 Å². The topological polar surface area (TPSA) is 22.3 Å². The molecule has 0 saturated carbocycles. The first-order chi connectivity index (χ1) is 11.7. The number of piperazine rings is 1. The monoisotopic (exact) mass is 343 g/mol. The van der Waals surface area contributed by atoms with Gasteiger partial charge < -0.3 is 4.98 Å². The summed E-state index contributed by atoms with van der Waals surface area (Å²) in [4.78, 5) is 8.99. The van der Waals surface area contributed by atoms with Gasteiger partial charge in [0.1, 0.15) is 0 Å². The van der Waals surface area contributed by atoms with Crippen molar-refractivity contribution in [2.45, 2.75) is 39.3 Å². The van der Waals surface area contributed by atoms with E-state index in [0.29, 0.717) is 0 Å². The van der Waals surface area contributed by atoms with Crippen LogP contribution >= 0.6 is 11.8 Å². The number of aromatic amines is 1. The van der Waals surface area contributed by atoms with Gasteiger partial charge in [-0.2, -0.15) is 11.8 Å². The molecule has 2 aliphatic rings. The summed E-state index contributed by atoms with van der Waals surface area (Å²) >= 11 is 2.13. The highest BCUT2D eigenvalue weighted by Gasteiger charge is 2.25. The summed E-state index contributed by atoms with van der Waals surface area (Å²) in [7, 11) is 0. The van der Waals surface area contributed by atoms with Crippen LogP contribution in [0.1, 0.15) is 29.7 Å². The first kappa shape index (κ1) is 16.5. The largest absolute Gasteiger partial charge is 0.358 e. The van der Waals surface area contributed by atoms with Gasteiger partial charge in [-0.25, -0.2) is 0 Å². The summed E-state index contributed by atoms with van der Waals surface area (Å²) in [6.07, 6.45) is 2.79. The molecule has 2 fully saturated rings. The average molecular weight is 344 g/mol. The van der Waals surface area contributed by atoms with E-state index in [1.807, 2.05) is 0 Å². The zero-order valence-corrected chi connectivity index (χ0v) is 15.8. The fourth-order valence-corrected chi connectivity index (χ4v) is 5.33. The smallest absolute Gasteiger partial charge is 0.0504 e. The van der Waals surface area contributed by atoms with Crippen LogP contribution < -0.4 is 0 Å². The summed E-state index contributed by atoms with van der Waals surface area (Å²) in [5.41, 5.74) is 5.50. The molecule has 130 valence electrons. The van der Waals surface area contributed by atoms with Crippen LogP contribution in [-0.4, -0.2) is 58.5 Å². The Bertz CT molecular complexity index is 694. The van der Waals surface area contributed by atoms with E-state index in [2.05, 4.69) is 58.6 Å². The fourth-order valence-electron chi connectivity index (χ4n) is 4.25. The van der Waals surface area contributed by atoms with E-state index in [-0.39, 0.29) is 0 Å². The van der Waals surface area contributed by atoms with Gasteiger partial charge in [0.05, 0.1) is 5.52 Å². The number of nitrogens with one attached hydrogen (secondary N) is 1. The van der Waals surface area contributed by atoms with Crippen molar-refractivity contribution in [1.82, 2.24) is 14.8 Å². The number of nitrogens with zero attached hydrogens (tertiary/aromatic N) is 2. The Labute approximate surface area is 149 Å². The van der Waals surface area contributed by atoms with Crippen molar-refractivity contribution in [2.75, 3.05) is 37.7 Å². The molecular formula is C20H29N3S. The highest BCUT2D eigenvalue weighted by Crippen LogP contribution is 2.26. The number of hydrogen-bond donors (Lipinski definition) is 1. The first-order valence-electron chi connectivity index (χ1n) is 9.33. The maximum absolute atomic E-state index is 3.61. The highest BCUT2D eigenvalue weighted by molar-refractivity contribution is 7.99. The van der Waals surface area contributed by atoms with E-state index in [0.717, 1.165) is 12.6 Å². The number of benzene rings is 1. The molecule has 0 spiro atoms. The lowest BCUT2D eigenvalue weighted by Gasteiger charge is -2.40. The molecule has 3 nitrogen and oxygen atoms in total. The molecule has 3 heterocycles. The van der Waals surface area contributed by atoms with Crippen molar-refractivity contribution in [1.29, 1.82) is 0 Å². The minimum absolute atomic E-state index is 0.852. The van der Waals surface area contributed by atoms with Crippen LogP contribution in [0.15, 0.2) is 18.2 Å². The van der Waals surface area contributed by atoms with Crippen LogP contribution in [0.4, 0.5) is 0 Å². The lowest BCUT2D eigenvalue weighted by atomic mass is 10.1. The van der Waals surface area contributed by atoms with E-state index in [1.165, 1.54) is 78.3 Å². The zero-order chi connectivity index (χ0) is 16.5. The van der Waals surface area contributed by atoms with Gasteiger partial charge in [-0.05, 0) is 49.3 Å². The van der Waals surface area contributed by atoms with Crippen LogP contribution in [0.5, 0.6) is 0 Å². The molecule has 0 amide bonds. The predicted octanol–water partition coefficient (Wildman–Crippen LogP) is 3.80. The van der Waals surface area contributed by atoms with Crippen molar-refractivity contribution in [3.63, 3.8) is 0 Å². The van der Waals surface area contributed by atoms with Crippen molar-refractivity contribution >= 4 is 22.7 Å². The second-order valence-corrected chi connectivity index (χ2v) is 8.60. The molecule has 2 saturated heterocycles. The molecule has 0 bridgehead atoms. The van der Waals surface area contributed by atoms with Crippen molar-refractivity contribution in [3.8, 4) is 0 Å². The molecule has 0 aliphatic carbocycles. The molecule has 2 aliphatic heterocycles. The van der Waals surface area contributed by atoms with E-state index < -0.39 is 0 Å². The van der Waals surface area contributed by atoms with Crippen molar-refractivity contribution < 1.29 is 0 Å². The third kappa shape index (κ3) is 3.24. The summed E-state index contributed by atoms with van der Waals surface area (Å²) in [5, 5.41) is 1.39. The lowest BCUT2D eigenvalue weighted by molar-refractivity contribution is 0.0882. The zero-order valence-electron chi connectivity index (χ0n) is 15.0. The molecular weight excluding hydrogens is 314 g/mol. The normalized spacial score (nSPS) is 21.6. The van der Waals surface area contributed by atoms with Gasteiger partial charge in [0.2, 0.25) is 0 Å². The lowest BCUT2D eigenvalue weighted by Crippen LogP contribution is -2.50. The van der Waals surface area contributed by atoms with Gasteiger partial charge in [-0.1, -0.05) is 18.2 Å². The molecule has 1 N–H and O–H groups in total. The predicted molar refractivity (Wildman–Crippen MR) is 105 cm³/mol. The molecule has 4 heteroatoms. The number of thioether (sulfide) groups is 1. The van der Waals surface area contributed by atoms with Crippen LogP contribution in [-0.2, 0) is 6.54 Å². The van der Waals surface area contributed by atoms with Gasteiger partial charge >= 0.3 is 0 Å². The third-order valence-electron chi connectivity index (χ3n) is 5.94. The van der Waals surface area contributed by atoms with Gasteiger partial charge in [0.15, 0.2) is 0 Å².